The molecule has 1 aromatic heterocycles. The first-order chi connectivity index (χ1) is 12.4. The lowest BCUT2D eigenvalue weighted by Crippen LogP contribution is -2.41. The molecular formula is C21H24BN2O2+. The van der Waals surface area contributed by atoms with Crippen LogP contribution in [0.3, 0.4) is 0 Å². The van der Waals surface area contributed by atoms with Crippen LogP contribution in [0.1, 0.15) is 27.7 Å². The average Bonchev–Trinajstić information content (AvgIpc) is 3.19. The number of nitrogens with zero attached hydrogens (tertiary/aromatic N) is 2. The smallest absolute Gasteiger partial charge is 0.399 e. The molecule has 0 unspecified atom stereocenters. The van der Waals surface area contributed by atoms with E-state index in [9.17, 15) is 0 Å². The molecule has 1 fully saturated rings. The third-order valence-electron chi connectivity index (χ3n) is 5.41. The minimum Gasteiger partial charge on any atom is -0.399 e. The van der Waals surface area contributed by atoms with Crippen LogP contribution in [0.4, 0.5) is 0 Å². The van der Waals surface area contributed by atoms with E-state index in [1.807, 2.05) is 18.2 Å². The van der Waals surface area contributed by atoms with E-state index < -0.39 is 0 Å². The van der Waals surface area contributed by atoms with E-state index >= 15 is 0 Å². The summed E-state index contributed by atoms with van der Waals surface area (Å²) in [7, 11) is -0.326. The predicted molar refractivity (Wildman–Crippen MR) is 103 cm³/mol. The van der Waals surface area contributed by atoms with Gasteiger partial charge in [0.05, 0.1) is 11.2 Å². The average molecular weight is 347 g/mol. The van der Waals surface area contributed by atoms with Gasteiger partial charge in [0.2, 0.25) is 0 Å². The van der Waals surface area contributed by atoms with Gasteiger partial charge >= 0.3 is 7.12 Å². The minimum atomic E-state index is -0.326. The molecule has 0 spiro atoms. The van der Waals surface area contributed by atoms with Gasteiger partial charge in [0, 0.05) is 0 Å². The third kappa shape index (κ3) is 2.98. The Morgan fingerprint density at radius 2 is 1.46 bits per heavy atom. The monoisotopic (exact) mass is 347 g/mol. The maximum Gasteiger partial charge on any atom is 0.494 e. The van der Waals surface area contributed by atoms with E-state index in [1.165, 1.54) is 0 Å². The molecule has 4 rings (SSSR count). The van der Waals surface area contributed by atoms with Crippen LogP contribution in [0, 0.1) is 0 Å². The largest absolute Gasteiger partial charge is 0.494 e. The normalized spacial score (nSPS) is 18.2. The second kappa shape index (κ2) is 6.11. The molecule has 4 nitrogen and oxygen atoms in total. The van der Waals surface area contributed by atoms with Gasteiger partial charge in [-0.05, 0) is 57.4 Å². The van der Waals surface area contributed by atoms with E-state index in [0.29, 0.717) is 0 Å². The Kier molecular flexibility index (Phi) is 4.01. The molecule has 2 aromatic carbocycles. The molecule has 0 aliphatic carbocycles. The quantitative estimate of drug-likeness (QED) is 0.538. The number of hydrogen-bond donors (Lipinski definition) is 0. The zero-order valence-electron chi connectivity index (χ0n) is 15.7. The van der Waals surface area contributed by atoms with Crippen molar-refractivity contribution in [2.45, 2.75) is 38.9 Å². The molecule has 0 atom stereocenters. The van der Waals surface area contributed by atoms with E-state index in [4.69, 9.17) is 9.31 Å². The molecule has 1 aliphatic rings. The molecular weight excluding hydrogens is 323 g/mol. The van der Waals surface area contributed by atoms with Crippen molar-refractivity contribution >= 4 is 12.6 Å². The molecule has 5 heteroatoms. The SMILES string of the molecule is CC1(C)OB(c2ccc(-[n+]3ccn(-c4ccccc4)c3)cc2)OC1(C)C. The number of aromatic nitrogens is 2. The highest BCUT2D eigenvalue weighted by Crippen LogP contribution is 2.36. The van der Waals surface area contributed by atoms with E-state index in [0.717, 1.165) is 16.8 Å². The maximum absolute atomic E-state index is 6.12. The van der Waals surface area contributed by atoms with Crippen molar-refractivity contribution in [3.63, 3.8) is 0 Å². The van der Waals surface area contributed by atoms with Crippen LogP contribution in [0.2, 0.25) is 0 Å². The maximum atomic E-state index is 6.12. The second-order valence-corrected chi connectivity index (χ2v) is 7.74. The van der Waals surface area contributed by atoms with Crippen LogP contribution in [-0.4, -0.2) is 22.9 Å². The zero-order valence-corrected chi connectivity index (χ0v) is 15.7. The Bertz CT molecular complexity index is 885. The standard InChI is InChI=1S/C21H24BN2O2/c1-20(2)21(3,4)26-22(25-20)17-10-12-19(13-11-17)24-15-14-23(16-24)18-8-6-5-7-9-18/h5-16H,1-4H3/q+1. The van der Waals surface area contributed by atoms with Crippen LogP contribution in [-0.2, 0) is 9.31 Å². The van der Waals surface area contributed by atoms with Crippen LogP contribution in [0.15, 0.2) is 73.3 Å². The molecule has 26 heavy (non-hydrogen) atoms. The zero-order chi connectivity index (χ0) is 18.4. The van der Waals surface area contributed by atoms with Crippen molar-refractivity contribution in [2.24, 2.45) is 0 Å². The molecule has 3 aromatic rings. The lowest BCUT2D eigenvalue weighted by atomic mass is 9.79. The summed E-state index contributed by atoms with van der Waals surface area (Å²) in [5, 5.41) is 0. The molecule has 0 saturated carbocycles. The molecule has 0 N–H and O–H groups in total. The summed E-state index contributed by atoms with van der Waals surface area (Å²) in [5.74, 6) is 0. The molecule has 0 amide bonds. The highest BCUT2D eigenvalue weighted by molar-refractivity contribution is 6.62. The summed E-state index contributed by atoms with van der Waals surface area (Å²) in [6.45, 7) is 8.29. The van der Waals surface area contributed by atoms with Crippen molar-refractivity contribution < 1.29 is 13.9 Å². The van der Waals surface area contributed by atoms with Crippen LogP contribution < -0.4 is 10.0 Å². The first-order valence-corrected chi connectivity index (χ1v) is 8.96. The number of benzene rings is 2. The molecule has 1 aliphatic heterocycles. The van der Waals surface area contributed by atoms with Crippen molar-refractivity contribution in [1.82, 2.24) is 4.57 Å². The van der Waals surface area contributed by atoms with Gasteiger partial charge < -0.3 is 9.31 Å². The minimum absolute atomic E-state index is 0.321. The Balaban J connectivity index is 1.55. The number of rotatable bonds is 3. The summed E-state index contributed by atoms with van der Waals surface area (Å²) in [6.07, 6.45) is 6.17. The van der Waals surface area contributed by atoms with Gasteiger partial charge in [-0.25, -0.2) is 9.13 Å². The first-order valence-electron chi connectivity index (χ1n) is 8.96. The molecule has 132 valence electrons. The lowest BCUT2D eigenvalue weighted by Gasteiger charge is -2.32. The van der Waals surface area contributed by atoms with Gasteiger partial charge in [-0.1, -0.05) is 30.3 Å². The van der Waals surface area contributed by atoms with Crippen molar-refractivity contribution in [3.05, 3.63) is 73.3 Å². The summed E-state index contributed by atoms with van der Waals surface area (Å²) in [4.78, 5) is 0. The summed E-state index contributed by atoms with van der Waals surface area (Å²) in [5.41, 5.74) is 2.63. The van der Waals surface area contributed by atoms with Gasteiger partial charge in [0.15, 0.2) is 0 Å². The Morgan fingerprint density at radius 1 is 0.846 bits per heavy atom. The van der Waals surface area contributed by atoms with Gasteiger partial charge in [-0.2, -0.15) is 0 Å². The molecule has 0 bridgehead atoms. The van der Waals surface area contributed by atoms with Crippen LogP contribution in [0.5, 0.6) is 0 Å². The van der Waals surface area contributed by atoms with Crippen molar-refractivity contribution in [2.75, 3.05) is 0 Å². The van der Waals surface area contributed by atoms with Crippen LogP contribution >= 0.6 is 0 Å². The lowest BCUT2D eigenvalue weighted by molar-refractivity contribution is -0.594. The van der Waals surface area contributed by atoms with E-state index in [1.54, 1.807) is 0 Å². The van der Waals surface area contributed by atoms with Gasteiger partial charge in [0.25, 0.3) is 6.33 Å². The molecule has 1 saturated heterocycles. The Hall–Kier alpha value is -2.37. The fourth-order valence-corrected chi connectivity index (χ4v) is 3.04. The van der Waals surface area contributed by atoms with E-state index in [-0.39, 0.29) is 18.3 Å². The summed E-state index contributed by atoms with van der Waals surface area (Å²) < 4.78 is 16.4. The van der Waals surface area contributed by atoms with E-state index in [2.05, 4.69) is 91.9 Å². The molecule has 0 radical (unpaired) electrons. The Labute approximate surface area is 155 Å². The fourth-order valence-electron chi connectivity index (χ4n) is 3.04. The number of hydrogen-bond acceptors (Lipinski definition) is 2. The van der Waals surface area contributed by atoms with Gasteiger partial charge in [-0.15, -0.1) is 0 Å². The summed E-state index contributed by atoms with van der Waals surface area (Å²) >= 11 is 0. The van der Waals surface area contributed by atoms with Gasteiger partial charge in [-0.3, -0.25) is 0 Å². The van der Waals surface area contributed by atoms with Gasteiger partial charge in [0.1, 0.15) is 23.8 Å². The topological polar surface area (TPSA) is 27.3 Å². The third-order valence-corrected chi connectivity index (χ3v) is 5.41. The predicted octanol–water partition coefficient (Wildman–Crippen LogP) is 3.05. The van der Waals surface area contributed by atoms with Crippen molar-refractivity contribution in [1.29, 1.82) is 0 Å². The highest BCUT2D eigenvalue weighted by atomic mass is 16.7. The number of imidazole rings is 1. The Morgan fingerprint density at radius 3 is 2.08 bits per heavy atom. The highest BCUT2D eigenvalue weighted by Gasteiger charge is 2.51. The number of para-hydroxylation sites is 1. The van der Waals surface area contributed by atoms with Crippen LogP contribution in [0.25, 0.3) is 11.4 Å². The second-order valence-electron chi connectivity index (χ2n) is 7.74. The summed E-state index contributed by atoms with van der Waals surface area (Å²) in [6, 6.07) is 18.6. The van der Waals surface area contributed by atoms with Crippen molar-refractivity contribution in [3.8, 4) is 11.4 Å². The first kappa shape index (κ1) is 17.1. The molecule has 2 heterocycles. The fraction of sp³-hybridized carbons (Fsp3) is 0.286.